The number of hydrogen-bond acceptors (Lipinski definition) is 5. The SMILES string of the molecule is COCCn1nc(C(=O)N2CCC(O)CC2)ccc1=O. The van der Waals surface area contributed by atoms with E-state index in [2.05, 4.69) is 5.10 Å². The molecule has 1 aromatic heterocycles. The fourth-order valence-electron chi connectivity index (χ4n) is 2.13. The first-order valence-electron chi connectivity index (χ1n) is 6.66. The van der Waals surface area contributed by atoms with Crippen LogP contribution in [0, 0.1) is 0 Å². The fourth-order valence-corrected chi connectivity index (χ4v) is 2.13. The predicted molar refractivity (Wildman–Crippen MR) is 71.5 cm³/mol. The lowest BCUT2D eigenvalue weighted by Gasteiger charge is -2.29. The van der Waals surface area contributed by atoms with E-state index in [9.17, 15) is 14.7 Å². The van der Waals surface area contributed by atoms with Gasteiger partial charge in [0.05, 0.1) is 19.3 Å². The minimum Gasteiger partial charge on any atom is -0.393 e. The van der Waals surface area contributed by atoms with Crippen LogP contribution in [0.5, 0.6) is 0 Å². The summed E-state index contributed by atoms with van der Waals surface area (Å²) in [6.45, 7) is 1.70. The third-order valence-electron chi connectivity index (χ3n) is 3.34. The van der Waals surface area contributed by atoms with Gasteiger partial charge in [-0.05, 0) is 18.9 Å². The van der Waals surface area contributed by atoms with Gasteiger partial charge in [0, 0.05) is 26.3 Å². The number of aromatic nitrogens is 2. The van der Waals surface area contributed by atoms with E-state index in [1.807, 2.05) is 0 Å². The number of amides is 1. The summed E-state index contributed by atoms with van der Waals surface area (Å²) in [5.41, 5.74) is -0.00948. The van der Waals surface area contributed by atoms with Crippen molar-refractivity contribution in [2.75, 3.05) is 26.8 Å². The van der Waals surface area contributed by atoms with Crippen LogP contribution in [0.25, 0.3) is 0 Å². The quantitative estimate of drug-likeness (QED) is 0.803. The van der Waals surface area contributed by atoms with E-state index in [-0.39, 0.29) is 23.3 Å². The largest absolute Gasteiger partial charge is 0.393 e. The first-order valence-corrected chi connectivity index (χ1v) is 6.66. The van der Waals surface area contributed by atoms with Crippen molar-refractivity contribution < 1.29 is 14.6 Å². The second-order valence-electron chi connectivity index (χ2n) is 4.80. The smallest absolute Gasteiger partial charge is 0.274 e. The summed E-state index contributed by atoms with van der Waals surface area (Å²) >= 11 is 0. The van der Waals surface area contributed by atoms with Gasteiger partial charge < -0.3 is 14.7 Å². The van der Waals surface area contributed by atoms with Gasteiger partial charge in [-0.2, -0.15) is 5.10 Å². The summed E-state index contributed by atoms with van der Waals surface area (Å²) in [4.78, 5) is 25.5. The third-order valence-corrected chi connectivity index (χ3v) is 3.34. The van der Waals surface area contributed by atoms with Crippen LogP contribution in [-0.4, -0.2) is 58.6 Å². The number of likely N-dealkylation sites (tertiary alicyclic amines) is 1. The van der Waals surface area contributed by atoms with Crippen molar-refractivity contribution in [2.45, 2.75) is 25.5 Å². The Hall–Kier alpha value is -1.73. The average molecular weight is 281 g/mol. The topological polar surface area (TPSA) is 84.7 Å². The molecule has 1 aliphatic heterocycles. The number of rotatable bonds is 4. The van der Waals surface area contributed by atoms with Gasteiger partial charge in [-0.15, -0.1) is 0 Å². The molecule has 1 saturated heterocycles. The number of carbonyl (C=O) groups excluding carboxylic acids is 1. The number of hydrogen-bond donors (Lipinski definition) is 1. The molecular weight excluding hydrogens is 262 g/mol. The van der Waals surface area contributed by atoms with E-state index in [1.54, 1.807) is 12.0 Å². The summed E-state index contributed by atoms with van der Waals surface area (Å²) in [5, 5.41) is 13.5. The summed E-state index contributed by atoms with van der Waals surface area (Å²) in [7, 11) is 1.54. The van der Waals surface area contributed by atoms with Gasteiger partial charge >= 0.3 is 0 Å². The Balaban J connectivity index is 2.11. The van der Waals surface area contributed by atoms with Gasteiger partial charge in [0.15, 0.2) is 0 Å². The van der Waals surface area contributed by atoms with Gasteiger partial charge in [0.1, 0.15) is 5.69 Å². The normalized spacial score (nSPS) is 16.4. The Morgan fingerprint density at radius 2 is 2.15 bits per heavy atom. The molecule has 1 fully saturated rings. The molecule has 0 radical (unpaired) electrons. The van der Waals surface area contributed by atoms with Crippen LogP contribution in [0.4, 0.5) is 0 Å². The van der Waals surface area contributed by atoms with E-state index < -0.39 is 0 Å². The molecule has 1 aromatic rings. The number of methoxy groups -OCH3 is 1. The van der Waals surface area contributed by atoms with Gasteiger partial charge in [-0.25, -0.2) is 4.68 Å². The van der Waals surface area contributed by atoms with Gasteiger partial charge in [0.25, 0.3) is 11.5 Å². The summed E-state index contributed by atoms with van der Waals surface area (Å²) in [5.74, 6) is -0.205. The van der Waals surface area contributed by atoms with Crippen molar-refractivity contribution in [3.63, 3.8) is 0 Å². The van der Waals surface area contributed by atoms with E-state index >= 15 is 0 Å². The van der Waals surface area contributed by atoms with E-state index in [4.69, 9.17) is 4.74 Å². The van der Waals surface area contributed by atoms with E-state index in [0.717, 1.165) is 0 Å². The zero-order chi connectivity index (χ0) is 14.5. The Morgan fingerprint density at radius 1 is 1.45 bits per heavy atom. The van der Waals surface area contributed by atoms with Crippen molar-refractivity contribution in [3.8, 4) is 0 Å². The van der Waals surface area contributed by atoms with Crippen LogP contribution in [0.3, 0.4) is 0 Å². The molecule has 2 heterocycles. The number of aliphatic hydroxyl groups excluding tert-OH is 1. The van der Waals surface area contributed by atoms with Gasteiger partial charge in [-0.3, -0.25) is 9.59 Å². The van der Waals surface area contributed by atoms with Crippen LogP contribution < -0.4 is 5.56 Å². The second-order valence-corrected chi connectivity index (χ2v) is 4.80. The molecule has 1 N–H and O–H groups in total. The highest BCUT2D eigenvalue weighted by atomic mass is 16.5. The molecule has 20 heavy (non-hydrogen) atoms. The Kier molecular flexibility index (Phi) is 4.86. The van der Waals surface area contributed by atoms with Crippen molar-refractivity contribution in [3.05, 3.63) is 28.2 Å². The zero-order valence-electron chi connectivity index (χ0n) is 11.5. The standard InChI is InChI=1S/C13H19N3O4/c1-20-9-8-16-12(18)3-2-11(14-16)13(19)15-6-4-10(17)5-7-15/h2-3,10,17H,4-9H2,1H3. The number of carbonyl (C=O) groups is 1. The molecule has 0 atom stereocenters. The maximum Gasteiger partial charge on any atom is 0.274 e. The molecule has 2 rings (SSSR count). The molecule has 0 spiro atoms. The van der Waals surface area contributed by atoms with Crippen LogP contribution in [0.1, 0.15) is 23.3 Å². The fraction of sp³-hybridized carbons (Fsp3) is 0.615. The molecule has 0 saturated carbocycles. The molecule has 0 bridgehead atoms. The second kappa shape index (κ2) is 6.62. The highest BCUT2D eigenvalue weighted by molar-refractivity contribution is 5.92. The number of aliphatic hydroxyl groups is 1. The summed E-state index contributed by atoms with van der Waals surface area (Å²) < 4.78 is 6.14. The van der Waals surface area contributed by atoms with Crippen LogP contribution in [-0.2, 0) is 11.3 Å². The Labute approximate surface area is 116 Å². The van der Waals surface area contributed by atoms with E-state index in [0.29, 0.717) is 39.1 Å². The van der Waals surface area contributed by atoms with Crippen molar-refractivity contribution in [2.24, 2.45) is 0 Å². The predicted octanol–water partition coefficient (Wildman–Crippen LogP) is -0.513. The van der Waals surface area contributed by atoms with Crippen molar-refractivity contribution in [1.29, 1.82) is 0 Å². The van der Waals surface area contributed by atoms with Crippen LogP contribution in [0.15, 0.2) is 16.9 Å². The molecule has 7 heteroatoms. The average Bonchev–Trinajstić information content (AvgIpc) is 2.46. The highest BCUT2D eigenvalue weighted by Crippen LogP contribution is 2.12. The minimum absolute atomic E-state index is 0.205. The number of ether oxygens (including phenoxy) is 1. The lowest BCUT2D eigenvalue weighted by Crippen LogP contribution is -2.41. The Bertz CT molecular complexity index is 521. The molecule has 110 valence electrons. The first-order chi connectivity index (χ1) is 9.61. The monoisotopic (exact) mass is 281 g/mol. The molecule has 1 amide bonds. The zero-order valence-corrected chi connectivity index (χ0v) is 11.5. The maximum atomic E-state index is 12.3. The Morgan fingerprint density at radius 3 is 2.80 bits per heavy atom. The summed E-state index contributed by atoms with van der Waals surface area (Å²) in [6, 6.07) is 2.79. The molecule has 0 unspecified atom stereocenters. The van der Waals surface area contributed by atoms with Crippen molar-refractivity contribution in [1.82, 2.24) is 14.7 Å². The minimum atomic E-state index is -0.331. The lowest BCUT2D eigenvalue weighted by atomic mass is 10.1. The number of nitrogens with zero attached hydrogens (tertiary/aromatic N) is 3. The van der Waals surface area contributed by atoms with Crippen LogP contribution in [0.2, 0.25) is 0 Å². The van der Waals surface area contributed by atoms with Crippen molar-refractivity contribution >= 4 is 5.91 Å². The first kappa shape index (κ1) is 14.7. The highest BCUT2D eigenvalue weighted by Gasteiger charge is 2.23. The molecule has 1 aliphatic rings. The third kappa shape index (κ3) is 3.43. The number of piperidine rings is 1. The molecule has 0 aliphatic carbocycles. The lowest BCUT2D eigenvalue weighted by molar-refractivity contribution is 0.0538. The molecule has 0 aromatic carbocycles. The van der Waals surface area contributed by atoms with E-state index in [1.165, 1.54) is 16.8 Å². The maximum absolute atomic E-state index is 12.3. The molecular formula is C13H19N3O4. The molecule has 7 nitrogen and oxygen atoms in total. The van der Waals surface area contributed by atoms with Gasteiger partial charge in [0.2, 0.25) is 0 Å². The van der Waals surface area contributed by atoms with Crippen LogP contribution >= 0.6 is 0 Å². The summed E-state index contributed by atoms with van der Waals surface area (Å²) in [6.07, 6.45) is 0.826. The van der Waals surface area contributed by atoms with Gasteiger partial charge in [-0.1, -0.05) is 0 Å².